The van der Waals surface area contributed by atoms with Gasteiger partial charge in [-0.25, -0.2) is 0 Å². The molecule has 290 valence electrons. The van der Waals surface area contributed by atoms with E-state index in [2.05, 4.69) is 62.5 Å². The minimum atomic E-state index is -0.671. The zero-order chi connectivity index (χ0) is 36.4. The number of hydrogen-bond donors (Lipinski definition) is 1. The molecule has 4 nitrogen and oxygen atoms in total. The van der Waals surface area contributed by atoms with Gasteiger partial charge < -0.3 is 9.84 Å². The lowest BCUT2D eigenvalue weighted by atomic mass is 10.0. The largest absolute Gasteiger partial charge is 0.481 e. The van der Waals surface area contributed by atoms with Gasteiger partial charge in [0.2, 0.25) is 0 Å². The molecule has 0 heterocycles. The molecule has 0 aromatic rings. The van der Waals surface area contributed by atoms with Crippen LogP contribution in [0.15, 0.2) is 48.6 Å². The van der Waals surface area contributed by atoms with Crippen LogP contribution in [0, 0.1) is 0 Å². The van der Waals surface area contributed by atoms with Gasteiger partial charge in [-0.3, -0.25) is 9.59 Å². The number of carboxylic acids is 1. The molecule has 0 radical (unpaired) electrons. The van der Waals surface area contributed by atoms with Gasteiger partial charge >= 0.3 is 11.9 Å². The lowest BCUT2D eigenvalue weighted by Crippen LogP contribution is -2.18. The molecule has 0 aromatic heterocycles. The summed E-state index contributed by atoms with van der Waals surface area (Å²) in [5.41, 5.74) is 0. The molecule has 0 saturated carbocycles. The van der Waals surface area contributed by atoms with Crippen molar-refractivity contribution in [1.29, 1.82) is 0 Å². The van der Waals surface area contributed by atoms with Gasteiger partial charge in [-0.2, -0.15) is 0 Å². The lowest BCUT2D eigenvalue weighted by Gasteiger charge is -2.18. The Bertz CT molecular complexity index is 839. The smallest absolute Gasteiger partial charge is 0.306 e. The third kappa shape index (κ3) is 40.3. The quantitative estimate of drug-likeness (QED) is 0.0394. The van der Waals surface area contributed by atoms with Gasteiger partial charge in [0.25, 0.3) is 0 Å². The predicted octanol–water partition coefficient (Wildman–Crippen LogP) is 15.1. The van der Waals surface area contributed by atoms with Gasteiger partial charge in [0, 0.05) is 12.8 Å². The first-order chi connectivity index (χ1) is 24.6. The second-order valence-electron chi connectivity index (χ2n) is 14.5. The first kappa shape index (κ1) is 47.9. The fourth-order valence-corrected chi connectivity index (χ4v) is 6.34. The Balaban J connectivity index is 3.83. The molecule has 0 aliphatic heterocycles. The van der Waals surface area contributed by atoms with E-state index in [-0.39, 0.29) is 12.1 Å². The van der Waals surface area contributed by atoms with Crippen LogP contribution in [0.1, 0.15) is 226 Å². The number of ether oxygens (including phenoxy) is 1. The van der Waals surface area contributed by atoms with E-state index in [9.17, 15) is 9.59 Å². The number of esters is 1. The predicted molar refractivity (Wildman–Crippen MR) is 218 cm³/mol. The third-order valence-corrected chi connectivity index (χ3v) is 9.55. The number of aliphatic carboxylic acids is 1. The Kier molecular flexibility index (Phi) is 39.6. The maximum Gasteiger partial charge on any atom is 0.306 e. The highest BCUT2D eigenvalue weighted by atomic mass is 16.5. The molecule has 1 atom stereocenters. The van der Waals surface area contributed by atoms with Gasteiger partial charge in [0.05, 0.1) is 0 Å². The summed E-state index contributed by atoms with van der Waals surface area (Å²) in [6.07, 6.45) is 55.9. The Morgan fingerprint density at radius 3 is 1.24 bits per heavy atom. The average molecular weight is 699 g/mol. The van der Waals surface area contributed by atoms with Crippen LogP contribution in [-0.4, -0.2) is 23.1 Å². The summed E-state index contributed by atoms with van der Waals surface area (Å²) >= 11 is 0. The number of carboxylic acid groups (broad SMARTS) is 1. The summed E-state index contributed by atoms with van der Waals surface area (Å²) in [7, 11) is 0. The highest BCUT2D eigenvalue weighted by molar-refractivity contribution is 5.69. The van der Waals surface area contributed by atoms with E-state index in [1.54, 1.807) is 0 Å². The Morgan fingerprint density at radius 2 is 0.780 bits per heavy atom. The number of carbonyl (C=O) groups excluding carboxylic acids is 1. The Morgan fingerprint density at radius 1 is 0.440 bits per heavy atom. The highest BCUT2D eigenvalue weighted by Gasteiger charge is 2.14. The summed E-state index contributed by atoms with van der Waals surface area (Å²) in [5, 5.41) is 8.70. The molecule has 1 unspecified atom stereocenters. The van der Waals surface area contributed by atoms with Gasteiger partial charge in [-0.05, 0) is 83.5 Å². The first-order valence-electron chi connectivity index (χ1n) is 21.6. The minimum Gasteiger partial charge on any atom is -0.481 e. The van der Waals surface area contributed by atoms with Crippen molar-refractivity contribution >= 4 is 11.9 Å². The van der Waals surface area contributed by atoms with Gasteiger partial charge in [-0.15, -0.1) is 0 Å². The Hall–Kier alpha value is -2.10. The first-order valence-corrected chi connectivity index (χ1v) is 21.6. The van der Waals surface area contributed by atoms with Gasteiger partial charge in [0.1, 0.15) is 6.10 Å². The second-order valence-corrected chi connectivity index (χ2v) is 14.5. The zero-order valence-corrected chi connectivity index (χ0v) is 33.2. The van der Waals surface area contributed by atoms with E-state index >= 15 is 0 Å². The molecule has 0 aliphatic carbocycles. The van der Waals surface area contributed by atoms with Crippen LogP contribution in [-0.2, 0) is 14.3 Å². The number of carbonyl (C=O) groups is 2. The van der Waals surface area contributed by atoms with Gasteiger partial charge in [0.15, 0.2) is 0 Å². The van der Waals surface area contributed by atoms with Gasteiger partial charge in [-0.1, -0.05) is 178 Å². The monoisotopic (exact) mass is 699 g/mol. The SMILES string of the molecule is CCCCC/C=C\C/C=C\C/C=C\C/C=C\CCCCCCCC(=O)OC(CCCCCC)CCCCCCCCCCCCCCC(=O)O. The van der Waals surface area contributed by atoms with Crippen LogP contribution in [0.2, 0.25) is 0 Å². The van der Waals surface area contributed by atoms with Crippen molar-refractivity contribution in [1.82, 2.24) is 0 Å². The van der Waals surface area contributed by atoms with E-state index in [0.717, 1.165) is 64.2 Å². The summed E-state index contributed by atoms with van der Waals surface area (Å²) in [6, 6.07) is 0. The molecule has 0 spiro atoms. The van der Waals surface area contributed by atoms with E-state index in [0.29, 0.717) is 12.8 Å². The maximum atomic E-state index is 12.6. The molecule has 50 heavy (non-hydrogen) atoms. The van der Waals surface area contributed by atoms with Crippen molar-refractivity contribution < 1.29 is 19.4 Å². The summed E-state index contributed by atoms with van der Waals surface area (Å²) < 4.78 is 6.00. The van der Waals surface area contributed by atoms with Crippen molar-refractivity contribution in [3.8, 4) is 0 Å². The van der Waals surface area contributed by atoms with Crippen molar-refractivity contribution in [2.45, 2.75) is 232 Å². The van der Waals surface area contributed by atoms with Crippen molar-refractivity contribution in [3.63, 3.8) is 0 Å². The molecule has 0 fully saturated rings. The molecule has 0 rings (SSSR count). The molecular formula is C46H82O4. The van der Waals surface area contributed by atoms with E-state index in [1.807, 2.05) is 0 Å². The molecule has 0 bridgehead atoms. The second kappa shape index (κ2) is 41.3. The van der Waals surface area contributed by atoms with E-state index < -0.39 is 5.97 Å². The summed E-state index contributed by atoms with van der Waals surface area (Å²) in [5.74, 6) is -0.649. The molecule has 0 amide bonds. The van der Waals surface area contributed by atoms with E-state index in [4.69, 9.17) is 9.84 Å². The fourth-order valence-electron chi connectivity index (χ4n) is 6.34. The maximum absolute atomic E-state index is 12.6. The van der Waals surface area contributed by atoms with Crippen molar-refractivity contribution in [3.05, 3.63) is 48.6 Å². The standard InChI is InChI=1S/C46H82O4/c1-3-5-7-9-10-11-12-13-14-15-16-17-18-19-20-21-26-29-32-35-39-43-46(49)50-44(40-36-8-6-4-2)41-37-33-30-27-24-22-23-25-28-31-34-38-42-45(47)48/h10-11,13-14,16-17,19-20,44H,3-9,12,15,18,21-43H2,1-2H3,(H,47,48)/b11-10-,14-13-,17-16-,20-19-. The van der Waals surface area contributed by atoms with Crippen molar-refractivity contribution in [2.24, 2.45) is 0 Å². The van der Waals surface area contributed by atoms with Crippen molar-refractivity contribution in [2.75, 3.05) is 0 Å². The van der Waals surface area contributed by atoms with Crippen LogP contribution < -0.4 is 0 Å². The van der Waals surface area contributed by atoms with Crippen LogP contribution in [0.4, 0.5) is 0 Å². The lowest BCUT2D eigenvalue weighted by molar-refractivity contribution is -0.150. The number of hydrogen-bond acceptors (Lipinski definition) is 3. The number of unbranched alkanes of at least 4 members (excludes halogenated alkanes) is 22. The Labute approximate surface area is 311 Å². The number of allylic oxidation sites excluding steroid dienone is 8. The molecule has 0 aliphatic rings. The topological polar surface area (TPSA) is 63.6 Å². The molecular weight excluding hydrogens is 617 g/mol. The molecule has 1 N–H and O–H groups in total. The molecule has 0 aromatic carbocycles. The van der Waals surface area contributed by atoms with E-state index in [1.165, 1.54) is 135 Å². The summed E-state index contributed by atoms with van der Waals surface area (Å²) in [4.78, 5) is 23.2. The molecule has 0 saturated heterocycles. The summed E-state index contributed by atoms with van der Waals surface area (Å²) in [6.45, 7) is 4.50. The number of rotatable bonds is 39. The molecule has 4 heteroatoms. The minimum absolute atomic E-state index is 0.0218. The zero-order valence-electron chi connectivity index (χ0n) is 33.2. The normalized spacial score (nSPS) is 12.7. The van der Waals surface area contributed by atoms with Crippen LogP contribution in [0.25, 0.3) is 0 Å². The van der Waals surface area contributed by atoms with Crippen LogP contribution >= 0.6 is 0 Å². The highest BCUT2D eigenvalue weighted by Crippen LogP contribution is 2.19. The average Bonchev–Trinajstić information content (AvgIpc) is 3.10. The fraction of sp³-hybridized carbons (Fsp3) is 0.783. The van der Waals surface area contributed by atoms with Crippen LogP contribution in [0.5, 0.6) is 0 Å². The third-order valence-electron chi connectivity index (χ3n) is 9.55. The van der Waals surface area contributed by atoms with Crippen LogP contribution in [0.3, 0.4) is 0 Å².